The molecule has 0 saturated carbocycles. The zero-order valence-corrected chi connectivity index (χ0v) is 12.8. The molecule has 0 spiro atoms. The number of halogens is 1. The summed E-state index contributed by atoms with van der Waals surface area (Å²) in [6.45, 7) is 6.22. The molecule has 0 aliphatic carbocycles. The molecule has 0 fully saturated rings. The highest BCUT2D eigenvalue weighted by Gasteiger charge is 2.09. The molecule has 0 atom stereocenters. The van der Waals surface area contributed by atoms with Crippen LogP contribution in [0.5, 0.6) is 5.75 Å². The number of nitrogens with zero attached hydrogens (tertiary/aromatic N) is 3. The van der Waals surface area contributed by atoms with E-state index >= 15 is 0 Å². The van der Waals surface area contributed by atoms with Crippen molar-refractivity contribution in [2.45, 2.75) is 27.3 Å². The van der Waals surface area contributed by atoms with Gasteiger partial charge < -0.3 is 4.74 Å². The van der Waals surface area contributed by atoms with E-state index in [-0.39, 0.29) is 0 Å². The maximum absolute atomic E-state index is 6.17. The van der Waals surface area contributed by atoms with Gasteiger partial charge in [0.2, 0.25) is 0 Å². The molecule has 5 heteroatoms. The smallest absolute Gasteiger partial charge is 0.170 e. The van der Waals surface area contributed by atoms with E-state index < -0.39 is 0 Å². The summed E-state index contributed by atoms with van der Waals surface area (Å²) < 4.78 is 5.24. The van der Waals surface area contributed by atoms with Gasteiger partial charge in [-0.05, 0) is 38.0 Å². The monoisotopic (exact) mass is 290 g/mol. The zero-order chi connectivity index (χ0) is 14.7. The Hall–Kier alpha value is -1.81. The number of methoxy groups -OCH3 is 1. The first-order valence-corrected chi connectivity index (χ1v) is 6.71. The van der Waals surface area contributed by atoms with Gasteiger partial charge in [-0.15, -0.1) is 0 Å². The Labute approximate surface area is 124 Å². The molecule has 4 nitrogen and oxygen atoms in total. The lowest BCUT2D eigenvalue weighted by Gasteiger charge is -2.09. The Morgan fingerprint density at radius 1 is 1.20 bits per heavy atom. The first kappa shape index (κ1) is 14.6. The van der Waals surface area contributed by atoms with Gasteiger partial charge in [0.05, 0.1) is 19.3 Å². The maximum Gasteiger partial charge on any atom is 0.170 e. The van der Waals surface area contributed by atoms with Crippen LogP contribution in [0.3, 0.4) is 0 Å². The Kier molecular flexibility index (Phi) is 4.45. The van der Waals surface area contributed by atoms with Gasteiger partial charge in [0.15, 0.2) is 5.82 Å². The standard InChI is InChI=1S/C15H17ClN3O/c1-9-7-12(5-6-13(9)20-4)8-17-15-14(16)10(2)18-11(3)19-15/h5-7H,8H2,1-4H3. The molecule has 0 amide bonds. The van der Waals surface area contributed by atoms with E-state index in [2.05, 4.69) is 21.4 Å². The second-order valence-electron chi connectivity index (χ2n) is 4.61. The number of benzene rings is 1. The van der Waals surface area contributed by atoms with Crippen LogP contribution in [0, 0.1) is 20.8 Å². The Morgan fingerprint density at radius 2 is 1.95 bits per heavy atom. The lowest BCUT2D eigenvalue weighted by atomic mass is 10.1. The summed E-state index contributed by atoms with van der Waals surface area (Å²) >= 11 is 6.17. The van der Waals surface area contributed by atoms with Gasteiger partial charge in [-0.3, -0.25) is 5.32 Å². The van der Waals surface area contributed by atoms with Gasteiger partial charge in [0.25, 0.3) is 0 Å². The van der Waals surface area contributed by atoms with E-state index in [1.54, 1.807) is 7.11 Å². The summed E-state index contributed by atoms with van der Waals surface area (Å²) in [5, 5.41) is 4.99. The second-order valence-corrected chi connectivity index (χ2v) is 4.99. The van der Waals surface area contributed by atoms with E-state index in [1.807, 2.05) is 32.9 Å². The van der Waals surface area contributed by atoms with Gasteiger partial charge in [-0.1, -0.05) is 23.7 Å². The summed E-state index contributed by atoms with van der Waals surface area (Å²) in [7, 11) is 1.67. The molecule has 1 radical (unpaired) electrons. The molecule has 1 aromatic heterocycles. The van der Waals surface area contributed by atoms with Crippen LogP contribution in [-0.2, 0) is 6.54 Å². The normalized spacial score (nSPS) is 10.4. The molecule has 1 aromatic carbocycles. The van der Waals surface area contributed by atoms with Crippen molar-refractivity contribution in [2.75, 3.05) is 7.11 Å². The van der Waals surface area contributed by atoms with E-state index in [0.717, 1.165) is 22.6 Å². The summed E-state index contributed by atoms with van der Waals surface area (Å²) in [5.41, 5.74) is 2.93. The quantitative estimate of drug-likeness (QED) is 0.866. The zero-order valence-electron chi connectivity index (χ0n) is 12.1. The fourth-order valence-corrected chi connectivity index (χ4v) is 2.14. The summed E-state index contributed by atoms with van der Waals surface area (Å²) in [5.74, 6) is 2.10. The molecule has 2 aromatic rings. The Bertz CT molecular complexity index is 629. The average molecular weight is 291 g/mol. The highest BCUT2D eigenvalue weighted by atomic mass is 35.5. The predicted molar refractivity (Wildman–Crippen MR) is 79.7 cm³/mol. The Balaban J connectivity index is 2.15. The number of ether oxygens (including phenoxy) is 1. The van der Waals surface area contributed by atoms with Crippen LogP contribution in [0.4, 0.5) is 5.82 Å². The van der Waals surface area contributed by atoms with Gasteiger partial charge in [-0.25, -0.2) is 9.97 Å². The molecular formula is C15H17ClN3O. The van der Waals surface area contributed by atoms with Crippen LogP contribution >= 0.6 is 11.6 Å². The Morgan fingerprint density at radius 3 is 2.60 bits per heavy atom. The third-order valence-corrected chi connectivity index (χ3v) is 3.42. The third kappa shape index (κ3) is 3.20. The van der Waals surface area contributed by atoms with E-state index in [9.17, 15) is 0 Å². The van der Waals surface area contributed by atoms with Gasteiger partial charge in [0, 0.05) is 0 Å². The molecule has 0 unspecified atom stereocenters. The molecule has 105 valence electrons. The molecular weight excluding hydrogens is 274 g/mol. The number of aromatic nitrogens is 2. The molecule has 0 N–H and O–H groups in total. The fraction of sp³-hybridized carbons (Fsp3) is 0.333. The minimum Gasteiger partial charge on any atom is -0.496 e. The van der Waals surface area contributed by atoms with Gasteiger partial charge >= 0.3 is 0 Å². The number of aryl methyl sites for hydroxylation is 3. The molecule has 2 rings (SSSR count). The van der Waals surface area contributed by atoms with Crippen molar-refractivity contribution in [1.82, 2.24) is 15.3 Å². The minimum atomic E-state index is 0.515. The average Bonchev–Trinajstić information content (AvgIpc) is 2.41. The number of hydrogen-bond acceptors (Lipinski definition) is 3. The molecule has 0 bridgehead atoms. The lowest BCUT2D eigenvalue weighted by Crippen LogP contribution is -2.04. The van der Waals surface area contributed by atoms with Gasteiger partial charge in [0.1, 0.15) is 16.6 Å². The van der Waals surface area contributed by atoms with Crippen LogP contribution in [0.1, 0.15) is 22.6 Å². The largest absolute Gasteiger partial charge is 0.496 e. The first-order chi connectivity index (χ1) is 9.51. The van der Waals surface area contributed by atoms with Crippen molar-refractivity contribution in [3.63, 3.8) is 0 Å². The molecule has 0 aliphatic rings. The lowest BCUT2D eigenvalue weighted by molar-refractivity contribution is 0.411. The highest BCUT2D eigenvalue weighted by Crippen LogP contribution is 2.24. The van der Waals surface area contributed by atoms with Crippen LogP contribution in [0.15, 0.2) is 18.2 Å². The van der Waals surface area contributed by atoms with Crippen LogP contribution in [0.2, 0.25) is 5.02 Å². The number of rotatable bonds is 4. The van der Waals surface area contributed by atoms with Crippen molar-refractivity contribution < 1.29 is 4.74 Å². The summed E-state index contributed by atoms with van der Waals surface area (Å²) in [6, 6.07) is 5.99. The summed E-state index contributed by atoms with van der Waals surface area (Å²) in [4.78, 5) is 8.48. The SMILES string of the molecule is COc1ccc(C[N]c2nc(C)nc(C)c2Cl)cc1C. The van der Waals surface area contributed by atoms with Crippen LogP contribution in [0.25, 0.3) is 0 Å². The van der Waals surface area contributed by atoms with Crippen molar-refractivity contribution in [3.05, 3.63) is 45.9 Å². The van der Waals surface area contributed by atoms with Crippen molar-refractivity contribution >= 4 is 17.4 Å². The number of hydrogen-bond donors (Lipinski definition) is 0. The van der Waals surface area contributed by atoms with Crippen molar-refractivity contribution in [1.29, 1.82) is 0 Å². The minimum absolute atomic E-state index is 0.515. The fourth-order valence-electron chi connectivity index (χ4n) is 1.99. The predicted octanol–water partition coefficient (Wildman–Crippen LogP) is 3.50. The molecule has 1 heterocycles. The van der Waals surface area contributed by atoms with Crippen molar-refractivity contribution in [2.24, 2.45) is 0 Å². The van der Waals surface area contributed by atoms with Crippen LogP contribution in [-0.4, -0.2) is 17.1 Å². The van der Waals surface area contributed by atoms with Crippen molar-refractivity contribution in [3.8, 4) is 5.75 Å². The van der Waals surface area contributed by atoms with E-state index in [1.165, 1.54) is 0 Å². The highest BCUT2D eigenvalue weighted by molar-refractivity contribution is 6.33. The topological polar surface area (TPSA) is 49.1 Å². The van der Waals surface area contributed by atoms with Gasteiger partial charge in [-0.2, -0.15) is 0 Å². The molecule has 0 saturated heterocycles. The van der Waals surface area contributed by atoms with Crippen LogP contribution < -0.4 is 10.1 Å². The maximum atomic E-state index is 6.17. The third-order valence-electron chi connectivity index (χ3n) is 2.98. The first-order valence-electron chi connectivity index (χ1n) is 6.33. The summed E-state index contributed by atoms with van der Waals surface area (Å²) in [6.07, 6.45) is 0. The second kappa shape index (κ2) is 6.09. The van der Waals surface area contributed by atoms with E-state index in [4.69, 9.17) is 16.3 Å². The van der Waals surface area contributed by atoms with E-state index in [0.29, 0.717) is 23.2 Å². The molecule has 20 heavy (non-hydrogen) atoms. The molecule has 0 aliphatic heterocycles.